The summed E-state index contributed by atoms with van der Waals surface area (Å²) in [6.45, 7) is 5.22. The second-order valence-corrected chi connectivity index (χ2v) is 5.54. The maximum atomic E-state index is 6.39. The molecule has 0 aliphatic rings. The number of ether oxygens (including phenoxy) is 1. The Labute approximate surface area is 132 Å². The smallest absolute Gasteiger partial charge is 0.119 e. The van der Waals surface area contributed by atoms with E-state index in [0.29, 0.717) is 0 Å². The minimum Gasteiger partial charge on any atom is -0.497 e. The summed E-state index contributed by atoms with van der Waals surface area (Å²) in [7, 11) is 1.69. The van der Waals surface area contributed by atoms with Crippen LogP contribution in [0.3, 0.4) is 0 Å². The summed E-state index contributed by atoms with van der Waals surface area (Å²) in [5.74, 6) is 0.879. The second-order valence-electron chi connectivity index (χ2n) is 5.13. The first-order chi connectivity index (χ1) is 10.2. The van der Waals surface area contributed by atoms with Crippen LogP contribution in [-0.4, -0.2) is 13.7 Å². The summed E-state index contributed by atoms with van der Waals surface area (Å²) in [5.41, 5.74) is 3.54. The van der Waals surface area contributed by atoms with Gasteiger partial charge in [-0.15, -0.1) is 0 Å². The number of nitrogens with one attached hydrogen (secondary N) is 1. The third-order valence-corrected chi connectivity index (χ3v) is 3.95. The fourth-order valence-corrected chi connectivity index (χ4v) is 2.73. The highest BCUT2D eigenvalue weighted by Gasteiger charge is 2.18. The number of benzene rings is 2. The first-order valence-corrected chi connectivity index (χ1v) is 7.67. The summed E-state index contributed by atoms with van der Waals surface area (Å²) in [6, 6.07) is 14.3. The SMILES string of the molecule is CCCNC(c1ccc(OC)cc1C)c1ccccc1Cl. The van der Waals surface area contributed by atoms with E-state index in [1.807, 2.05) is 24.3 Å². The summed E-state index contributed by atoms with van der Waals surface area (Å²) < 4.78 is 5.29. The van der Waals surface area contributed by atoms with Gasteiger partial charge in [0, 0.05) is 5.02 Å². The first-order valence-electron chi connectivity index (χ1n) is 7.29. The molecule has 21 heavy (non-hydrogen) atoms. The molecule has 0 heterocycles. The van der Waals surface area contributed by atoms with Crippen LogP contribution in [0.2, 0.25) is 5.02 Å². The molecule has 1 atom stereocenters. The Hall–Kier alpha value is -1.51. The zero-order valence-electron chi connectivity index (χ0n) is 12.8. The standard InChI is InChI=1S/C18H22ClNO/c1-4-11-20-18(16-7-5-6-8-17(16)19)15-10-9-14(21-3)12-13(15)2/h5-10,12,18,20H,4,11H2,1-3H3. The first kappa shape index (κ1) is 15.9. The van der Waals surface area contributed by atoms with Crippen LogP contribution < -0.4 is 10.1 Å². The van der Waals surface area contributed by atoms with Gasteiger partial charge in [-0.2, -0.15) is 0 Å². The lowest BCUT2D eigenvalue weighted by Crippen LogP contribution is -2.24. The quantitative estimate of drug-likeness (QED) is 0.832. The number of rotatable bonds is 6. The van der Waals surface area contributed by atoms with Crippen LogP contribution in [-0.2, 0) is 0 Å². The molecule has 3 heteroatoms. The minimum absolute atomic E-state index is 0.101. The molecule has 0 radical (unpaired) electrons. The monoisotopic (exact) mass is 303 g/mol. The van der Waals surface area contributed by atoms with Gasteiger partial charge in [-0.05, 0) is 54.8 Å². The van der Waals surface area contributed by atoms with E-state index in [1.165, 1.54) is 11.1 Å². The Morgan fingerprint density at radius 1 is 1.14 bits per heavy atom. The van der Waals surface area contributed by atoms with Crippen molar-refractivity contribution in [1.82, 2.24) is 5.32 Å². The van der Waals surface area contributed by atoms with Gasteiger partial charge < -0.3 is 10.1 Å². The Bertz CT molecular complexity index is 598. The third kappa shape index (κ3) is 3.78. The molecule has 2 rings (SSSR count). The topological polar surface area (TPSA) is 21.3 Å². The maximum Gasteiger partial charge on any atom is 0.119 e. The summed E-state index contributed by atoms with van der Waals surface area (Å²) >= 11 is 6.39. The summed E-state index contributed by atoms with van der Waals surface area (Å²) in [4.78, 5) is 0. The number of halogens is 1. The van der Waals surface area contributed by atoms with Crippen molar-refractivity contribution in [1.29, 1.82) is 0 Å². The highest BCUT2D eigenvalue weighted by Crippen LogP contribution is 2.31. The Morgan fingerprint density at radius 3 is 2.52 bits per heavy atom. The van der Waals surface area contributed by atoms with Crippen molar-refractivity contribution in [3.8, 4) is 5.75 Å². The van der Waals surface area contributed by atoms with Crippen LogP contribution in [0.25, 0.3) is 0 Å². The minimum atomic E-state index is 0.101. The lowest BCUT2D eigenvalue weighted by Gasteiger charge is -2.23. The van der Waals surface area contributed by atoms with Gasteiger partial charge in [0.25, 0.3) is 0 Å². The maximum absolute atomic E-state index is 6.39. The highest BCUT2D eigenvalue weighted by molar-refractivity contribution is 6.31. The molecule has 0 bridgehead atoms. The van der Waals surface area contributed by atoms with Gasteiger partial charge in [0.1, 0.15) is 5.75 Å². The fourth-order valence-electron chi connectivity index (χ4n) is 2.48. The van der Waals surface area contributed by atoms with Crippen LogP contribution in [0.1, 0.15) is 36.1 Å². The molecule has 0 aromatic heterocycles. The van der Waals surface area contributed by atoms with Crippen molar-refractivity contribution in [2.24, 2.45) is 0 Å². The van der Waals surface area contributed by atoms with Gasteiger partial charge in [0.2, 0.25) is 0 Å². The Kier molecular flexibility index (Phi) is 5.66. The zero-order valence-corrected chi connectivity index (χ0v) is 13.6. The van der Waals surface area contributed by atoms with Crippen LogP contribution in [0, 0.1) is 6.92 Å². The van der Waals surface area contributed by atoms with Gasteiger partial charge in [0.05, 0.1) is 13.2 Å². The largest absolute Gasteiger partial charge is 0.497 e. The lowest BCUT2D eigenvalue weighted by molar-refractivity contribution is 0.414. The normalized spacial score (nSPS) is 12.2. The van der Waals surface area contributed by atoms with Gasteiger partial charge >= 0.3 is 0 Å². The van der Waals surface area contributed by atoms with E-state index in [9.17, 15) is 0 Å². The average molecular weight is 304 g/mol. The molecule has 112 valence electrons. The van der Waals surface area contributed by atoms with Crippen molar-refractivity contribution < 1.29 is 4.74 Å². The molecule has 1 unspecified atom stereocenters. The summed E-state index contributed by atoms with van der Waals surface area (Å²) in [5, 5.41) is 4.39. The Balaban J connectivity index is 2.43. The van der Waals surface area contributed by atoms with Crippen molar-refractivity contribution in [2.45, 2.75) is 26.3 Å². The Morgan fingerprint density at radius 2 is 1.90 bits per heavy atom. The molecule has 2 nitrogen and oxygen atoms in total. The number of hydrogen-bond donors (Lipinski definition) is 1. The van der Waals surface area contributed by atoms with Crippen LogP contribution >= 0.6 is 11.6 Å². The van der Waals surface area contributed by atoms with E-state index < -0.39 is 0 Å². The average Bonchev–Trinajstić information content (AvgIpc) is 2.50. The van der Waals surface area contributed by atoms with Crippen LogP contribution in [0.5, 0.6) is 5.75 Å². The molecule has 0 spiro atoms. The molecule has 0 aliphatic carbocycles. The molecular weight excluding hydrogens is 282 g/mol. The predicted molar refractivity (Wildman–Crippen MR) is 89.3 cm³/mol. The van der Waals surface area contributed by atoms with E-state index in [1.54, 1.807) is 7.11 Å². The molecule has 0 fully saturated rings. The molecule has 2 aromatic rings. The molecule has 0 amide bonds. The van der Waals surface area contributed by atoms with E-state index in [2.05, 4.69) is 37.4 Å². The molecular formula is C18H22ClNO. The van der Waals surface area contributed by atoms with Gasteiger partial charge in [-0.3, -0.25) is 0 Å². The number of hydrogen-bond acceptors (Lipinski definition) is 2. The van der Waals surface area contributed by atoms with Crippen molar-refractivity contribution in [2.75, 3.05) is 13.7 Å². The third-order valence-electron chi connectivity index (χ3n) is 3.60. The molecule has 2 aromatic carbocycles. The highest BCUT2D eigenvalue weighted by atomic mass is 35.5. The van der Waals surface area contributed by atoms with E-state index >= 15 is 0 Å². The van der Waals surface area contributed by atoms with Crippen molar-refractivity contribution in [3.63, 3.8) is 0 Å². The van der Waals surface area contributed by atoms with Gasteiger partial charge in [0.15, 0.2) is 0 Å². The molecule has 0 saturated heterocycles. The van der Waals surface area contributed by atoms with Crippen molar-refractivity contribution >= 4 is 11.6 Å². The second kappa shape index (κ2) is 7.48. The van der Waals surface area contributed by atoms with Gasteiger partial charge in [-0.1, -0.05) is 42.8 Å². The van der Waals surface area contributed by atoms with Gasteiger partial charge in [-0.25, -0.2) is 0 Å². The van der Waals surface area contributed by atoms with Crippen LogP contribution in [0.4, 0.5) is 0 Å². The molecule has 1 N–H and O–H groups in total. The molecule has 0 aliphatic heterocycles. The molecule has 0 saturated carbocycles. The number of aryl methyl sites for hydroxylation is 1. The van der Waals surface area contributed by atoms with E-state index in [0.717, 1.165) is 29.3 Å². The van der Waals surface area contributed by atoms with E-state index in [-0.39, 0.29) is 6.04 Å². The fraction of sp³-hybridized carbons (Fsp3) is 0.333. The number of methoxy groups -OCH3 is 1. The van der Waals surface area contributed by atoms with Crippen LogP contribution in [0.15, 0.2) is 42.5 Å². The zero-order chi connectivity index (χ0) is 15.2. The lowest BCUT2D eigenvalue weighted by atomic mass is 9.94. The summed E-state index contributed by atoms with van der Waals surface area (Å²) in [6.07, 6.45) is 1.08. The van der Waals surface area contributed by atoms with Crippen molar-refractivity contribution in [3.05, 3.63) is 64.2 Å². The van der Waals surface area contributed by atoms with E-state index in [4.69, 9.17) is 16.3 Å². The predicted octanol–water partition coefficient (Wildman–Crippen LogP) is 4.75.